The number of pyridine rings is 1. The van der Waals surface area contributed by atoms with Crippen LogP contribution in [-0.2, 0) is 0 Å². The van der Waals surface area contributed by atoms with Crippen molar-refractivity contribution in [2.75, 3.05) is 23.3 Å². The molecule has 1 amide bonds. The van der Waals surface area contributed by atoms with E-state index in [-0.39, 0.29) is 30.9 Å². The Morgan fingerprint density at radius 2 is 1.67 bits per heavy atom. The number of aryl methyl sites for hydroxylation is 1. The standard InChI is InChI=1S/C25H24F4N4O.2ClH/c1-13-8-15(30)12-33(11-13)21-9-14(2)31-10-20(21)32-25(34)16-6-7-19(28)23(24(16)29)22-17(26)4-3-5-18(22)27;;/h3-7,9-10,13,15H,8,11-12,30H2,1-2H3,(H,32,34);2*1H/t13-,15+;;/m1../s1. The molecule has 11 heteroatoms. The van der Waals surface area contributed by atoms with Gasteiger partial charge in [-0.3, -0.25) is 9.78 Å². The molecule has 1 aliphatic rings. The molecule has 36 heavy (non-hydrogen) atoms. The highest BCUT2D eigenvalue weighted by molar-refractivity contribution is 6.06. The lowest BCUT2D eigenvalue weighted by Gasteiger charge is -2.37. The van der Waals surface area contributed by atoms with Gasteiger partial charge in [-0.25, -0.2) is 17.6 Å². The van der Waals surface area contributed by atoms with Gasteiger partial charge in [0, 0.05) is 24.8 Å². The molecular formula is C25H26Cl2F4N4O. The van der Waals surface area contributed by atoms with Gasteiger partial charge in [-0.15, -0.1) is 24.8 Å². The van der Waals surface area contributed by atoms with E-state index in [2.05, 4.69) is 17.2 Å². The van der Waals surface area contributed by atoms with Crippen LogP contribution in [0.15, 0.2) is 42.6 Å². The lowest BCUT2D eigenvalue weighted by molar-refractivity contribution is 0.102. The molecule has 1 aliphatic heterocycles. The van der Waals surface area contributed by atoms with Crippen molar-refractivity contribution in [3.05, 3.63) is 77.1 Å². The van der Waals surface area contributed by atoms with Crippen LogP contribution in [0.2, 0.25) is 0 Å². The summed E-state index contributed by atoms with van der Waals surface area (Å²) in [7, 11) is 0. The Balaban J connectivity index is 0.00000228. The third-order valence-electron chi connectivity index (χ3n) is 5.85. The smallest absolute Gasteiger partial charge is 0.258 e. The Labute approximate surface area is 218 Å². The second kappa shape index (κ2) is 11.9. The zero-order valence-electron chi connectivity index (χ0n) is 19.5. The molecule has 1 saturated heterocycles. The molecule has 0 spiro atoms. The Morgan fingerprint density at radius 1 is 1.03 bits per heavy atom. The average Bonchev–Trinajstić information content (AvgIpc) is 2.76. The van der Waals surface area contributed by atoms with E-state index in [1.807, 2.05) is 4.90 Å². The van der Waals surface area contributed by atoms with Crippen LogP contribution in [0, 0.1) is 36.1 Å². The Kier molecular flexibility index (Phi) is 9.70. The summed E-state index contributed by atoms with van der Waals surface area (Å²) in [5.41, 5.74) is 5.50. The zero-order chi connectivity index (χ0) is 24.6. The first-order valence-corrected chi connectivity index (χ1v) is 10.9. The van der Waals surface area contributed by atoms with E-state index in [4.69, 9.17) is 5.73 Å². The second-order valence-corrected chi connectivity index (χ2v) is 8.68. The van der Waals surface area contributed by atoms with E-state index in [0.29, 0.717) is 36.1 Å². The van der Waals surface area contributed by atoms with E-state index in [1.165, 1.54) is 6.20 Å². The number of rotatable bonds is 4. The first kappa shape index (κ1) is 29.4. The number of nitrogens with zero attached hydrogens (tertiary/aromatic N) is 2. The molecule has 0 saturated carbocycles. The van der Waals surface area contributed by atoms with Crippen LogP contribution in [0.25, 0.3) is 11.1 Å². The predicted molar refractivity (Wildman–Crippen MR) is 137 cm³/mol. The summed E-state index contributed by atoms with van der Waals surface area (Å²) in [4.78, 5) is 19.3. The maximum atomic E-state index is 15.3. The highest BCUT2D eigenvalue weighted by Gasteiger charge is 2.27. The average molecular weight is 545 g/mol. The quantitative estimate of drug-likeness (QED) is 0.402. The SMILES string of the molecule is Cc1cc(N2C[C@H](C)C[C@H](N)C2)c(NC(=O)c2ccc(F)c(-c3c(F)cccc3F)c2F)cn1.Cl.Cl. The van der Waals surface area contributed by atoms with Crippen LogP contribution in [0.3, 0.4) is 0 Å². The number of halogens is 6. The number of carbonyl (C=O) groups excluding carboxylic acids is 1. The van der Waals surface area contributed by atoms with Crippen LogP contribution in [0.5, 0.6) is 0 Å². The highest BCUT2D eigenvalue weighted by Crippen LogP contribution is 2.34. The summed E-state index contributed by atoms with van der Waals surface area (Å²) in [6.45, 7) is 5.16. The minimum Gasteiger partial charge on any atom is -0.368 e. The molecule has 5 nitrogen and oxygen atoms in total. The highest BCUT2D eigenvalue weighted by atomic mass is 35.5. The first-order chi connectivity index (χ1) is 16.2. The molecule has 194 valence electrons. The van der Waals surface area contributed by atoms with E-state index >= 15 is 4.39 Å². The fourth-order valence-corrected chi connectivity index (χ4v) is 4.38. The molecule has 0 bridgehead atoms. The minimum absolute atomic E-state index is 0. The van der Waals surface area contributed by atoms with Crippen LogP contribution >= 0.6 is 24.8 Å². The summed E-state index contributed by atoms with van der Waals surface area (Å²) in [6.07, 6.45) is 2.32. The Hall–Kier alpha value is -2.88. The number of hydrogen-bond donors (Lipinski definition) is 2. The van der Waals surface area contributed by atoms with Gasteiger partial charge in [-0.1, -0.05) is 13.0 Å². The van der Waals surface area contributed by atoms with Gasteiger partial charge >= 0.3 is 0 Å². The molecule has 0 radical (unpaired) electrons. The van der Waals surface area contributed by atoms with Crippen molar-refractivity contribution in [1.29, 1.82) is 0 Å². The number of anilines is 2. The Bertz CT molecular complexity index is 1230. The van der Waals surface area contributed by atoms with Gasteiger partial charge in [0.1, 0.15) is 23.3 Å². The topological polar surface area (TPSA) is 71.2 Å². The number of nitrogens with two attached hydrogens (primary N) is 1. The summed E-state index contributed by atoms with van der Waals surface area (Å²) < 4.78 is 58.2. The van der Waals surface area contributed by atoms with E-state index in [1.54, 1.807) is 13.0 Å². The van der Waals surface area contributed by atoms with Crippen LogP contribution in [0.4, 0.5) is 28.9 Å². The lowest BCUT2D eigenvalue weighted by atomic mass is 9.96. The predicted octanol–water partition coefficient (Wildman–Crippen LogP) is 5.88. The molecule has 0 aliphatic carbocycles. The van der Waals surface area contributed by atoms with E-state index < -0.39 is 45.9 Å². The van der Waals surface area contributed by atoms with Gasteiger partial charge in [-0.05, 0) is 49.6 Å². The third kappa shape index (κ3) is 5.91. The van der Waals surface area contributed by atoms with Crippen LogP contribution in [-0.4, -0.2) is 30.0 Å². The maximum Gasteiger partial charge on any atom is 0.258 e. The fraction of sp³-hybridized carbons (Fsp3) is 0.280. The number of piperidine rings is 1. The molecule has 0 unspecified atom stereocenters. The Morgan fingerprint density at radius 3 is 2.31 bits per heavy atom. The molecule has 2 aromatic carbocycles. The molecule has 1 aromatic heterocycles. The van der Waals surface area contributed by atoms with Crippen molar-refractivity contribution >= 4 is 42.1 Å². The normalized spacial score (nSPS) is 17.1. The van der Waals surface area contributed by atoms with Crippen molar-refractivity contribution < 1.29 is 22.4 Å². The van der Waals surface area contributed by atoms with Crippen molar-refractivity contribution in [2.45, 2.75) is 26.3 Å². The van der Waals surface area contributed by atoms with Gasteiger partial charge in [0.15, 0.2) is 0 Å². The molecule has 4 rings (SSSR count). The second-order valence-electron chi connectivity index (χ2n) is 8.68. The number of amides is 1. The van der Waals surface area contributed by atoms with Crippen molar-refractivity contribution in [2.24, 2.45) is 11.7 Å². The summed E-state index contributed by atoms with van der Waals surface area (Å²) >= 11 is 0. The molecule has 2 heterocycles. The summed E-state index contributed by atoms with van der Waals surface area (Å²) in [6, 6.07) is 6.34. The number of hydrogen-bond acceptors (Lipinski definition) is 4. The van der Waals surface area contributed by atoms with Crippen molar-refractivity contribution in [3.8, 4) is 11.1 Å². The van der Waals surface area contributed by atoms with Gasteiger partial charge in [0.25, 0.3) is 5.91 Å². The van der Waals surface area contributed by atoms with Gasteiger partial charge in [-0.2, -0.15) is 0 Å². The van der Waals surface area contributed by atoms with E-state index in [9.17, 15) is 18.0 Å². The molecular weight excluding hydrogens is 519 g/mol. The van der Waals surface area contributed by atoms with E-state index in [0.717, 1.165) is 36.8 Å². The first-order valence-electron chi connectivity index (χ1n) is 10.9. The number of benzene rings is 2. The van der Waals surface area contributed by atoms with Crippen LogP contribution < -0.4 is 16.0 Å². The molecule has 3 N–H and O–H groups in total. The fourth-order valence-electron chi connectivity index (χ4n) is 4.38. The number of aromatic nitrogens is 1. The van der Waals surface area contributed by atoms with Gasteiger partial charge in [0.05, 0.1) is 34.3 Å². The maximum absolute atomic E-state index is 15.3. The molecule has 2 atom stereocenters. The monoisotopic (exact) mass is 544 g/mol. The van der Waals surface area contributed by atoms with Crippen LogP contribution in [0.1, 0.15) is 29.4 Å². The molecule has 1 fully saturated rings. The van der Waals surface area contributed by atoms with Crippen molar-refractivity contribution in [1.82, 2.24) is 4.98 Å². The third-order valence-corrected chi connectivity index (χ3v) is 5.85. The summed E-state index contributed by atoms with van der Waals surface area (Å²) in [5.74, 6) is -5.42. The largest absolute Gasteiger partial charge is 0.368 e. The number of carbonyl (C=O) groups is 1. The molecule has 3 aromatic rings. The summed E-state index contributed by atoms with van der Waals surface area (Å²) in [5, 5.41) is 2.62. The van der Waals surface area contributed by atoms with Gasteiger partial charge < -0.3 is 16.0 Å². The number of nitrogens with one attached hydrogen (secondary N) is 1. The van der Waals surface area contributed by atoms with Gasteiger partial charge in [0.2, 0.25) is 0 Å². The minimum atomic E-state index is -1.36. The zero-order valence-corrected chi connectivity index (χ0v) is 21.2. The van der Waals surface area contributed by atoms with Crippen molar-refractivity contribution in [3.63, 3.8) is 0 Å². The lowest BCUT2D eigenvalue weighted by Crippen LogP contribution is -2.46.